The molecule has 4 atom stereocenters. The Labute approximate surface area is 124 Å². The third-order valence-electron chi connectivity index (χ3n) is 4.08. The summed E-state index contributed by atoms with van der Waals surface area (Å²) in [6, 6.07) is 1.68. The monoisotopic (exact) mass is 336 g/mol. The number of allylic oxidation sites excluding steroid dienone is 2. The molecule has 2 bridgehead atoms. The number of anilines is 1. The zero-order valence-corrected chi connectivity index (χ0v) is 12.1. The molecular formula is C14H13BrN2O3. The molecule has 1 aromatic heterocycles. The van der Waals surface area contributed by atoms with Crippen molar-refractivity contribution in [3.8, 4) is 0 Å². The molecule has 1 fully saturated rings. The Bertz CT molecular complexity index is 602. The summed E-state index contributed by atoms with van der Waals surface area (Å²) in [6.07, 6.45) is 7.82. The number of fused-ring (bicyclic) bond motifs is 2. The van der Waals surface area contributed by atoms with E-state index < -0.39 is 17.8 Å². The van der Waals surface area contributed by atoms with Gasteiger partial charge in [0.25, 0.3) is 0 Å². The number of halogens is 1. The van der Waals surface area contributed by atoms with Gasteiger partial charge in [-0.15, -0.1) is 0 Å². The summed E-state index contributed by atoms with van der Waals surface area (Å²) in [5.41, 5.74) is 0.612. The summed E-state index contributed by atoms with van der Waals surface area (Å²) in [6.45, 7) is 0. The molecule has 0 saturated heterocycles. The van der Waals surface area contributed by atoms with E-state index in [9.17, 15) is 14.7 Å². The highest BCUT2D eigenvalue weighted by Gasteiger charge is 2.51. The van der Waals surface area contributed by atoms with Gasteiger partial charge in [-0.3, -0.25) is 14.6 Å². The Balaban J connectivity index is 1.82. The Kier molecular flexibility index (Phi) is 3.33. The molecule has 1 saturated carbocycles. The van der Waals surface area contributed by atoms with Gasteiger partial charge < -0.3 is 10.4 Å². The predicted molar refractivity (Wildman–Crippen MR) is 75.9 cm³/mol. The van der Waals surface area contributed by atoms with E-state index in [1.54, 1.807) is 18.5 Å². The molecule has 1 aromatic rings. The smallest absolute Gasteiger partial charge is 0.307 e. The van der Waals surface area contributed by atoms with E-state index in [-0.39, 0.29) is 17.7 Å². The second-order valence-electron chi connectivity index (χ2n) is 5.18. The van der Waals surface area contributed by atoms with Crippen molar-refractivity contribution < 1.29 is 14.7 Å². The minimum atomic E-state index is -0.893. The lowest BCUT2D eigenvalue weighted by Crippen LogP contribution is -2.36. The van der Waals surface area contributed by atoms with Gasteiger partial charge in [0.1, 0.15) is 0 Å². The van der Waals surface area contributed by atoms with Crippen molar-refractivity contribution in [3.63, 3.8) is 0 Å². The number of nitrogens with zero attached hydrogens (tertiary/aromatic N) is 1. The van der Waals surface area contributed by atoms with Crippen LogP contribution in [0.15, 0.2) is 35.1 Å². The fraction of sp³-hybridized carbons (Fsp3) is 0.357. The number of carbonyl (C=O) groups is 2. The molecule has 1 heterocycles. The van der Waals surface area contributed by atoms with E-state index >= 15 is 0 Å². The highest BCUT2D eigenvalue weighted by molar-refractivity contribution is 9.10. The number of rotatable bonds is 3. The number of hydrogen-bond acceptors (Lipinski definition) is 3. The maximum Gasteiger partial charge on any atom is 0.307 e. The Morgan fingerprint density at radius 1 is 1.30 bits per heavy atom. The number of pyridine rings is 1. The standard InChI is InChI=1S/C14H13BrN2O3/c15-9-6-16-4-3-10(9)17-13(18)11-7-1-2-8(5-7)12(11)14(19)20/h1-4,6-8,11-12H,5H2,(H,19,20)(H,16,17,18)/t7?,8?,11-,12+/m0/s1. The van der Waals surface area contributed by atoms with Gasteiger partial charge in [-0.05, 0) is 40.3 Å². The molecule has 3 rings (SSSR count). The summed E-state index contributed by atoms with van der Waals surface area (Å²) in [4.78, 5) is 27.7. The minimum absolute atomic E-state index is 0.0193. The topological polar surface area (TPSA) is 79.3 Å². The average Bonchev–Trinajstić information content (AvgIpc) is 3.01. The first-order valence-electron chi connectivity index (χ1n) is 6.39. The number of aromatic nitrogens is 1. The molecule has 104 valence electrons. The van der Waals surface area contributed by atoms with Crippen molar-refractivity contribution in [2.24, 2.45) is 23.7 Å². The average molecular weight is 337 g/mol. The van der Waals surface area contributed by atoms with E-state index in [0.717, 1.165) is 6.42 Å². The van der Waals surface area contributed by atoms with Gasteiger partial charge in [0.15, 0.2) is 0 Å². The van der Waals surface area contributed by atoms with E-state index in [1.807, 2.05) is 12.2 Å². The fourth-order valence-corrected chi connectivity index (χ4v) is 3.56. The number of amides is 1. The van der Waals surface area contributed by atoms with Crippen molar-refractivity contribution in [2.75, 3.05) is 5.32 Å². The maximum atomic E-state index is 12.4. The lowest BCUT2D eigenvalue weighted by molar-refractivity contribution is -0.146. The molecule has 5 nitrogen and oxygen atoms in total. The maximum absolute atomic E-state index is 12.4. The van der Waals surface area contributed by atoms with Gasteiger partial charge in [0, 0.05) is 12.4 Å². The SMILES string of the molecule is O=C(O)[C@@H]1C2C=CC(C2)[C@@H]1C(=O)Nc1ccncc1Br. The molecule has 20 heavy (non-hydrogen) atoms. The predicted octanol–water partition coefficient (Wildman–Crippen LogP) is 2.31. The first-order valence-corrected chi connectivity index (χ1v) is 7.18. The quantitative estimate of drug-likeness (QED) is 0.830. The third kappa shape index (κ3) is 2.14. The van der Waals surface area contributed by atoms with Crippen molar-refractivity contribution in [1.29, 1.82) is 0 Å². The highest BCUT2D eigenvalue weighted by atomic mass is 79.9. The molecule has 0 radical (unpaired) electrons. The Hall–Kier alpha value is -1.69. The Morgan fingerprint density at radius 3 is 2.65 bits per heavy atom. The molecule has 2 aliphatic rings. The molecular weight excluding hydrogens is 324 g/mol. The van der Waals surface area contributed by atoms with Gasteiger partial charge in [-0.2, -0.15) is 0 Å². The van der Waals surface area contributed by atoms with Crippen LogP contribution in [0.4, 0.5) is 5.69 Å². The van der Waals surface area contributed by atoms with Crippen molar-refractivity contribution >= 4 is 33.5 Å². The van der Waals surface area contributed by atoms with Gasteiger partial charge in [0.2, 0.25) is 5.91 Å². The Morgan fingerprint density at radius 2 is 2.00 bits per heavy atom. The molecule has 2 aliphatic carbocycles. The van der Waals surface area contributed by atoms with Crippen LogP contribution in [-0.2, 0) is 9.59 Å². The molecule has 0 aromatic carbocycles. The lowest BCUT2D eigenvalue weighted by atomic mass is 9.82. The molecule has 0 aliphatic heterocycles. The van der Waals surface area contributed by atoms with Crippen LogP contribution in [0.2, 0.25) is 0 Å². The van der Waals surface area contributed by atoms with Crippen LogP contribution in [0.1, 0.15) is 6.42 Å². The summed E-state index contributed by atoms with van der Waals surface area (Å²) in [5, 5.41) is 12.1. The van der Waals surface area contributed by atoms with E-state index in [2.05, 4.69) is 26.2 Å². The zero-order valence-electron chi connectivity index (χ0n) is 10.5. The molecule has 1 amide bonds. The first kappa shape index (κ1) is 13.3. The molecule has 6 heteroatoms. The number of aliphatic carboxylic acids is 1. The third-order valence-corrected chi connectivity index (χ3v) is 4.71. The van der Waals surface area contributed by atoms with Crippen LogP contribution in [0.25, 0.3) is 0 Å². The summed E-state index contributed by atoms with van der Waals surface area (Å²) in [7, 11) is 0. The van der Waals surface area contributed by atoms with Crippen LogP contribution >= 0.6 is 15.9 Å². The van der Waals surface area contributed by atoms with E-state index in [4.69, 9.17) is 0 Å². The van der Waals surface area contributed by atoms with E-state index in [0.29, 0.717) is 10.2 Å². The van der Waals surface area contributed by atoms with Gasteiger partial charge >= 0.3 is 5.97 Å². The van der Waals surface area contributed by atoms with Crippen LogP contribution in [0.3, 0.4) is 0 Å². The van der Waals surface area contributed by atoms with E-state index in [1.165, 1.54) is 0 Å². The number of carboxylic acid groups (broad SMARTS) is 1. The van der Waals surface area contributed by atoms with Crippen molar-refractivity contribution in [2.45, 2.75) is 6.42 Å². The second-order valence-corrected chi connectivity index (χ2v) is 6.04. The van der Waals surface area contributed by atoms with Crippen LogP contribution in [-0.4, -0.2) is 22.0 Å². The number of nitrogens with one attached hydrogen (secondary N) is 1. The zero-order chi connectivity index (χ0) is 14.3. The lowest BCUT2D eigenvalue weighted by Gasteiger charge is -2.24. The normalized spacial score (nSPS) is 30.4. The van der Waals surface area contributed by atoms with Crippen LogP contribution in [0.5, 0.6) is 0 Å². The molecule has 0 spiro atoms. The highest BCUT2D eigenvalue weighted by Crippen LogP contribution is 2.48. The fourth-order valence-electron chi connectivity index (χ4n) is 3.21. The largest absolute Gasteiger partial charge is 0.481 e. The van der Waals surface area contributed by atoms with Crippen molar-refractivity contribution in [1.82, 2.24) is 4.98 Å². The summed E-state index contributed by atoms with van der Waals surface area (Å²) < 4.78 is 0.680. The number of hydrogen-bond donors (Lipinski definition) is 2. The summed E-state index contributed by atoms with van der Waals surface area (Å²) >= 11 is 3.31. The van der Waals surface area contributed by atoms with Gasteiger partial charge in [-0.25, -0.2) is 0 Å². The van der Waals surface area contributed by atoms with Crippen molar-refractivity contribution in [3.05, 3.63) is 35.1 Å². The number of carboxylic acids is 1. The van der Waals surface area contributed by atoms with Crippen LogP contribution in [0, 0.1) is 23.7 Å². The number of carbonyl (C=O) groups excluding carboxylic acids is 1. The second kappa shape index (κ2) is 5.01. The van der Waals surface area contributed by atoms with Gasteiger partial charge in [0.05, 0.1) is 22.0 Å². The summed E-state index contributed by atoms with van der Waals surface area (Å²) in [5.74, 6) is -2.24. The van der Waals surface area contributed by atoms with Gasteiger partial charge in [-0.1, -0.05) is 12.2 Å². The van der Waals surface area contributed by atoms with Crippen LogP contribution < -0.4 is 5.32 Å². The molecule has 2 N–H and O–H groups in total. The molecule has 2 unspecified atom stereocenters. The first-order chi connectivity index (χ1) is 9.58. The minimum Gasteiger partial charge on any atom is -0.481 e.